The monoisotopic (exact) mass is 288 g/mol. The lowest BCUT2D eigenvalue weighted by Gasteiger charge is -2.31. The van der Waals surface area contributed by atoms with Crippen molar-refractivity contribution in [1.29, 1.82) is 0 Å². The van der Waals surface area contributed by atoms with Gasteiger partial charge in [-0.1, -0.05) is 18.2 Å². The molecule has 1 aromatic carbocycles. The fourth-order valence-electron chi connectivity index (χ4n) is 3.89. The Balaban J connectivity index is 1.90. The summed E-state index contributed by atoms with van der Waals surface area (Å²) in [5.41, 5.74) is 0.414. The van der Waals surface area contributed by atoms with E-state index in [0.717, 1.165) is 24.2 Å². The van der Waals surface area contributed by atoms with Crippen LogP contribution in [0.5, 0.6) is 5.75 Å². The van der Waals surface area contributed by atoms with E-state index < -0.39 is 5.60 Å². The lowest BCUT2D eigenvalue weighted by molar-refractivity contribution is -0.131. The molecule has 0 amide bonds. The van der Waals surface area contributed by atoms with E-state index in [0.29, 0.717) is 12.4 Å². The molecule has 21 heavy (non-hydrogen) atoms. The van der Waals surface area contributed by atoms with E-state index in [1.165, 1.54) is 0 Å². The molecule has 1 saturated heterocycles. The second kappa shape index (κ2) is 4.84. The third-order valence-electron chi connectivity index (χ3n) is 4.72. The number of ketones is 1. The third kappa shape index (κ3) is 2.59. The first-order valence-corrected chi connectivity index (χ1v) is 7.76. The van der Waals surface area contributed by atoms with Gasteiger partial charge < -0.3 is 9.47 Å². The van der Waals surface area contributed by atoms with Gasteiger partial charge in [0.25, 0.3) is 0 Å². The van der Waals surface area contributed by atoms with Crippen LogP contribution < -0.4 is 4.74 Å². The van der Waals surface area contributed by atoms with E-state index >= 15 is 0 Å². The lowest BCUT2D eigenvalue weighted by Crippen LogP contribution is -2.37. The van der Waals surface area contributed by atoms with Crippen molar-refractivity contribution in [2.24, 2.45) is 5.92 Å². The molecule has 1 aromatic rings. The molecule has 0 radical (unpaired) electrons. The van der Waals surface area contributed by atoms with Crippen LogP contribution in [0.25, 0.3) is 0 Å². The number of para-hydroxylation sites is 1. The van der Waals surface area contributed by atoms with Crippen LogP contribution in [0.4, 0.5) is 0 Å². The van der Waals surface area contributed by atoms with Crippen LogP contribution >= 0.6 is 0 Å². The van der Waals surface area contributed by atoms with E-state index in [-0.39, 0.29) is 17.4 Å². The number of hydrogen-bond donors (Lipinski definition) is 0. The number of fused-ring (bicyclic) bond motifs is 1. The summed E-state index contributed by atoms with van der Waals surface area (Å²) < 4.78 is 11.8. The van der Waals surface area contributed by atoms with Crippen LogP contribution in [-0.4, -0.2) is 23.6 Å². The normalized spacial score (nSPS) is 29.5. The van der Waals surface area contributed by atoms with Crippen molar-refractivity contribution in [3.63, 3.8) is 0 Å². The van der Waals surface area contributed by atoms with Crippen molar-refractivity contribution >= 4 is 5.78 Å². The Labute approximate surface area is 126 Å². The highest BCUT2D eigenvalue weighted by molar-refractivity contribution is 5.90. The van der Waals surface area contributed by atoms with Gasteiger partial charge in [-0.2, -0.15) is 0 Å². The Morgan fingerprint density at radius 2 is 1.90 bits per heavy atom. The number of benzene rings is 1. The number of ether oxygens (including phenoxy) is 2. The molecule has 0 bridgehead atoms. The van der Waals surface area contributed by atoms with Crippen molar-refractivity contribution in [3.8, 4) is 5.75 Å². The van der Waals surface area contributed by atoms with Crippen LogP contribution in [0.2, 0.25) is 0 Å². The second-order valence-corrected chi connectivity index (χ2v) is 7.35. The molecule has 3 nitrogen and oxygen atoms in total. The maximum atomic E-state index is 13.1. The first-order valence-electron chi connectivity index (χ1n) is 7.76. The van der Waals surface area contributed by atoms with E-state index in [2.05, 4.69) is 13.8 Å². The summed E-state index contributed by atoms with van der Waals surface area (Å²) in [6.45, 7) is 8.83. The lowest BCUT2D eigenvalue weighted by atomic mass is 9.76. The average Bonchev–Trinajstić information content (AvgIpc) is 2.65. The zero-order chi connectivity index (χ0) is 15.3. The standard InChI is InChI=1S/C18H24O3/c1-17(2)11-14(18(3,4)21-17)16(19)13-9-10-20-15-8-6-5-7-12(13)15/h5-8,13-14H,9-11H2,1-4H3. The highest BCUT2D eigenvalue weighted by Crippen LogP contribution is 2.46. The minimum absolute atomic E-state index is 0.0522. The van der Waals surface area contributed by atoms with Gasteiger partial charge in [0.15, 0.2) is 0 Å². The highest BCUT2D eigenvalue weighted by atomic mass is 16.5. The maximum absolute atomic E-state index is 13.1. The molecular weight excluding hydrogens is 264 g/mol. The van der Waals surface area contributed by atoms with E-state index in [4.69, 9.17) is 9.47 Å². The summed E-state index contributed by atoms with van der Waals surface area (Å²) >= 11 is 0. The second-order valence-electron chi connectivity index (χ2n) is 7.35. The van der Waals surface area contributed by atoms with Gasteiger partial charge in [-0.3, -0.25) is 4.79 Å². The van der Waals surface area contributed by atoms with Crippen LogP contribution in [0.3, 0.4) is 0 Å². The molecule has 2 atom stereocenters. The van der Waals surface area contributed by atoms with Gasteiger partial charge in [0, 0.05) is 17.4 Å². The summed E-state index contributed by atoms with van der Waals surface area (Å²) in [6.07, 6.45) is 1.56. The maximum Gasteiger partial charge on any atom is 0.146 e. The molecule has 0 aliphatic carbocycles. The number of rotatable bonds is 2. The Bertz CT molecular complexity index is 559. The summed E-state index contributed by atoms with van der Waals surface area (Å²) in [7, 11) is 0. The van der Waals surface area contributed by atoms with Crippen LogP contribution in [0, 0.1) is 5.92 Å². The van der Waals surface area contributed by atoms with Crippen molar-refractivity contribution in [2.75, 3.05) is 6.61 Å². The van der Waals surface area contributed by atoms with Crippen LogP contribution in [0.1, 0.15) is 52.0 Å². The molecule has 2 unspecified atom stereocenters. The van der Waals surface area contributed by atoms with Gasteiger partial charge in [0.2, 0.25) is 0 Å². The first-order chi connectivity index (χ1) is 9.80. The molecule has 3 rings (SSSR count). The smallest absolute Gasteiger partial charge is 0.146 e. The molecule has 2 aliphatic rings. The molecule has 3 heteroatoms. The average molecular weight is 288 g/mol. The number of hydrogen-bond acceptors (Lipinski definition) is 3. The Hall–Kier alpha value is -1.35. The van der Waals surface area contributed by atoms with E-state index in [9.17, 15) is 4.79 Å². The Morgan fingerprint density at radius 1 is 1.19 bits per heavy atom. The summed E-state index contributed by atoms with van der Waals surface area (Å²) in [5, 5.41) is 0. The zero-order valence-corrected chi connectivity index (χ0v) is 13.3. The molecule has 0 N–H and O–H groups in total. The SMILES string of the molecule is CC1(C)CC(C(=O)C2CCOc3ccccc32)C(C)(C)O1. The summed E-state index contributed by atoms with van der Waals surface area (Å²) in [5.74, 6) is 1.06. The molecule has 0 aromatic heterocycles. The van der Waals surface area contributed by atoms with Crippen molar-refractivity contribution in [1.82, 2.24) is 0 Å². The van der Waals surface area contributed by atoms with Crippen molar-refractivity contribution in [2.45, 2.75) is 57.7 Å². The van der Waals surface area contributed by atoms with Crippen molar-refractivity contribution < 1.29 is 14.3 Å². The number of Topliss-reactive ketones (excluding diaryl/α,β-unsaturated/α-hetero) is 1. The van der Waals surface area contributed by atoms with Gasteiger partial charge in [0.05, 0.1) is 17.8 Å². The Morgan fingerprint density at radius 3 is 2.57 bits per heavy atom. The van der Waals surface area contributed by atoms with Gasteiger partial charge in [0.1, 0.15) is 11.5 Å². The van der Waals surface area contributed by atoms with Crippen molar-refractivity contribution in [3.05, 3.63) is 29.8 Å². The predicted molar refractivity (Wildman–Crippen MR) is 81.7 cm³/mol. The number of carbonyl (C=O) groups is 1. The highest BCUT2D eigenvalue weighted by Gasteiger charge is 2.51. The molecule has 114 valence electrons. The van der Waals surface area contributed by atoms with Crippen LogP contribution in [0.15, 0.2) is 24.3 Å². The molecule has 2 aliphatic heterocycles. The van der Waals surface area contributed by atoms with Gasteiger partial charge in [-0.25, -0.2) is 0 Å². The quantitative estimate of drug-likeness (QED) is 0.832. The number of carbonyl (C=O) groups excluding carboxylic acids is 1. The summed E-state index contributed by atoms with van der Waals surface area (Å²) in [6, 6.07) is 7.91. The minimum atomic E-state index is -0.395. The topological polar surface area (TPSA) is 35.5 Å². The molecule has 0 spiro atoms. The Kier molecular flexibility index (Phi) is 3.36. The summed E-state index contributed by atoms with van der Waals surface area (Å²) in [4.78, 5) is 13.1. The first kappa shape index (κ1) is 14.6. The van der Waals surface area contributed by atoms with E-state index in [1.807, 2.05) is 38.1 Å². The van der Waals surface area contributed by atoms with Gasteiger partial charge in [-0.15, -0.1) is 0 Å². The largest absolute Gasteiger partial charge is 0.493 e. The zero-order valence-electron chi connectivity index (χ0n) is 13.3. The van der Waals surface area contributed by atoms with Gasteiger partial charge >= 0.3 is 0 Å². The minimum Gasteiger partial charge on any atom is -0.493 e. The molecular formula is C18H24O3. The van der Waals surface area contributed by atoms with E-state index in [1.54, 1.807) is 0 Å². The van der Waals surface area contributed by atoms with Crippen LogP contribution in [-0.2, 0) is 9.53 Å². The third-order valence-corrected chi connectivity index (χ3v) is 4.72. The molecule has 0 saturated carbocycles. The molecule has 2 heterocycles. The fraction of sp³-hybridized carbons (Fsp3) is 0.611. The predicted octanol–water partition coefficient (Wildman–Crippen LogP) is 3.72. The fourth-order valence-corrected chi connectivity index (χ4v) is 3.89. The molecule has 1 fully saturated rings. The van der Waals surface area contributed by atoms with Gasteiger partial charge in [-0.05, 0) is 46.6 Å².